The minimum Gasteiger partial charge on any atom is -0.406 e. The minimum atomic E-state index is -4.75. The van der Waals surface area contributed by atoms with E-state index in [0.29, 0.717) is 28.2 Å². The number of rotatable bonds is 3. The molecule has 3 rings (SSSR count). The van der Waals surface area contributed by atoms with E-state index in [4.69, 9.17) is 5.73 Å². The van der Waals surface area contributed by atoms with E-state index in [-0.39, 0.29) is 24.1 Å². The highest BCUT2D eigenvalue weighted by molar-refractivity contribution is 7.22. The third-order valence-electron chi connectivity index (χ3n) is 3.76. The van der Waals surface area contributed by atoms with Gasteiger partial charge >= 0.3 is 6.36 Å². The van der Waals surface area contributed by atoms with Gasteiger partial charge in [0.1, 0.15) is 5.75 Å². The van der Waals surface area contributed by atoms with Gasteiger partial charge in [0.2, 0.25) is 5.91 Å². The number of nitrogens with one attached hydrogen (secondary N) is 1. The summed E-state index contributed by atoms with van der Waals surface area (Å²) in [6.45, 7) is 0. The number of halogens is 4. The molecular formula is C14H15ClF3N3O2S. The molecule has 10 heteroatoms. The number of thiazole rings is 1. The zero-order valence-electron chi connectivity index (χ0n) is 12.4. The number of hydrogen-bond donors (Lipinski definition) is 2. The normalized spacial score (nSPS) is 16.7. The van der Waals surface area contributed by atoms with Crippen molar-refractivity contribution in [3.8, 4) is 5.75 Å². The van der Waals surface area contributed by atoms with E-state index in [0.717, 1.165) is 24.2 Å². The van der Waals surface area contributed by atoms with Gasteiger partial charge in [0.05, 0.1) is 15.8 Å². The highest BCUT2D eigenvalue weighted by atomic mass is 35.5. The molecule has 5 nitrogen and oxygen atoms in total. The number of fused-ring (bicyclic) bond motifs is 1. The number of hydrogen-bond acceptors (Lipinski definition) is 5. The molecule has 2 aromatic rings. The SMILES string of the molecule is Cl.NC1(C(=O)Nc2nc3ccc(OC(F)(F)F)cc3s2)CCCC1. The zero-order valence-corrected chi connectivity index (χ0v) is 14.0. The summed E-state index contributed by atoms with van der Waals surface area (Å²) in [4.78, 5) is 16.4. The molecule has 1 aromatic carbocycles. The van der Waals surface area contributed by atoms with Gasteiger partial charge in [-0.2, -0.15) is 0 Å². The molecule has 0 bridgehead atoms. The fourth-order valence-electron chi connectivity index (χ4n) is 2.61. The fraction of sp³-hybridized carbons (Fsp3) is 0.429. The summed E-state index contributed by atoms with van der Waals surface area (Å²) in [6.07, 6.45) is -1.70. The Hall–Kier alpha value is -1.58. The maximum Gasteiger partial charge on any atom is 0.573 e. The molecule has 0 radical (unpaired) electrons. The van der Waals surface area contributed by atoms with E-state index in [9.17, 15) is 18.0 Å². The molecule has 1 aliphatic rings. The molecule has 24 heavy (non-hydrogen) atoms. The summed E-state index contributed by atoms with van der Waals surface area (Å²) in [6, 6.07) is 3.84. The first-order chi connectivity index (χ1) is 10.8. The number of aromatic nitrogens is 1. The maximum atomic E-state index is 12.2. The number of nitrogens with zero attached hydrogens (tertiary/aromatic N) is 1. The summed E-state index contributed by atoms with van der Waals surface area (Å²) in [5.74, 6) is -0.626. The lowest BCUT2D eigenvalue weighted by molar-refractivity contribution is -0.274. The van der Waals surface area contributed by atoms with Crippen LogP contribution in [0.5, 0.6) is 5.75 Å². The molecular weight excluding hydrogens is 367 g/mol. The second-order valence-electron chi connectivity index (χ2n) is 5.51. The molecule has 1 aliphatic carbocycles. The number of anilines is 1. The number of nitrogens with two attached hydrogens (primary N) is 1. The number of amides is 1. The van der Waals surface area contributed by atoms with Crippen molar-refractivity contribution in [1.29, 1.82) is 0 Å². The highest BCUT2D eigenvalue weighted by Crippen LogP contribution is 2.33. The Balaban J connectivity index is 0.00000208. The second kappa shape index (κ2) is 6.73. The van der Waals surface area contributed by atoms with Crippen molar-refractivity contribution in [2.45, 2.75) is 37.6 Å². The van der Waals surface area contributed by atoms with Crippen molar-refractivity contribution < 1.29 is 22.7 Å². The van der Waals surface area contributed by atoms with E-state index in [1.165, 1.54) is 18.2 Å². The minimum absolute atomic E-state index is 0. The molecule has 1 heterocycles. The Morgan fingerprint density at radius 1 is 1.33 bits per heavy atom. The van der Waals surface area contributed by atoms with Crippen LogP contribution < -0.4 is 15.8 Å². The van der Waals surface area contributed by atoms with Crippen molar-refractivity contribution in [1.82, 2.24) is 4.98 Å². The summed E-state index contributed by atoms with van der Waals surface area (Å²) in [7, 11) is 0. The Labute approximate surface area is 145 Å². The van der Waals surface area contributed by atoms with Crippen LogP contribution in [0.15, 0.2) is 18.2 Å². The van der Waals surface area contributed by atoms with E-state index < -0.39 is 11.9 Å². The van der Waals surface area contributed by atoms with Crippen LogP contribution in [0.3, 0.4) is 0 Å². The Morgan fingerprint density at radius 3 is 2.62 bits per heavy atom. The molecule has 0 aliphatic heterocycles. The van der Waals surface area contributed by atoms with Gasteiger partial charge in [-0.25, -0.2) is 4.98 Å². The third kappa shape index (κ3) is 4.08. The van der Waals surface area contributed by atoms with Gasteiger partial charge < -0.3 is 15.8 Å². The van der Waals surface area contributed by atoms with Crippen LogP contribution in [0.1, 0.15) is 25.7 Å². The Morgan fingerprint density at radius 2 is 2.00 bits per heavy atom. The predicted octanol–water partition coefficient (Wildman–Crippen LogP) is 3.83. The number of ether oxygens (including phenoxy) is 1. The van der Waals surface area contributed by atoms with Crippen LogP contribution in [-0.2, 0) is 4.79 Å². The number of alkyl halides is 3. The van der Waals surface area contributed by atoms with Crippen LogP contribution in [0.25, 0.3) is 10.2 Å². The van der Waals surface area contributed by atoms with Crippen LogP contribution in [0, 0.1) is 0 Å². The van der Waals surface area contributed by atoms with Gasteiger partial charge in [-0.3, -0.25) is 4.79 Å². The largest absolute Gasteiger partial charge is 0.573 e. The quantitative estimate of drug-likeness (QED) is 0.847. The van der Waals surface area contributed by atoms with E-state index in [1.807, 2.05) is 0 Å². The van der Waals surface area contributed by atoms with Crippen molar-refractivity contribution in [2.24, 2.45) is 5.73 Å². The molecule has 132 valence electrons. The average molecular weight is 382 g/mol. The van der Waals surface area contributed by atoms with Gasteiger partial charge in [0.15, 0.2) is 5.13 Å². The summed E-state index contributed by atoms with van der Waals surface area (Å²) in [5, 5.41) is 2.97. The molecule has 0 atom stereocenters. The standard InChI is InChI=1S/C14H14F3N3O2S.ClH/c15-14(16,17)22-8-3-4-9-10(7-8)23-12(19-9)20-11(21)13(18)5-1-2-6-13;/h3-4,7H,1-2,5-6,18H2,(H,19,20,21);1H. The van der Waals surface area contributed by atoms with Gasteiger partial charge in [-0.1, -0.05) is 24.2 Å². The van der Waals surface area contributed by atoms with Crippen LogP contribution in [0.4, 0.5) is 18.3 Å². The van der Waals surface area contributed by atoms with Gasteiger partial charge in [-0.15, -0.1) is 25.6 Å². The molecule has 1 saturated carbocycles. The molecule has 1 fully saturated rings. The maximum absolute atomic E-state index is 12.2. The monoisotopic (exact) mass is 381 g/mol. The lowest BCUT2D eigenvalue weighted by atomic mass is 9.98. The number of carbonyl (C=O) groups is 1. The first-order valence-corrected chi connectivity index (χ1v) is 7.84. The van der Waals surface area contributed by atoms with Gasteiger partial charge in [-0.05, 0) is 25.0 Å². The Bertz CT molecular complexity index is 744. The Kier molecular flexibility index (Phi) is 5.26. The third-order valence-corrected chi connectivity index (χ3v) is 4.70. The highest BCUT2D eigenvalue weighted by Gasteiger charge is 2.37. The van der Waals surface area contributed by atoms with Crippen molar-refractivity contribution in [2.75, 3.05) is 5.32 Å². The van der Waals surface area contributed by atoms with Gasteiger partial charge in [0, 0.05) is 6.07 Å². The lowest BCUT2D eigenvalue weighted by Gasteiger charge is -2.21. The molecule has 0 spiro atoms. The van der Waals surface area contributed by atoms with Crippen molar-refractivity contribution >= 4 is 45.0 Å². The second-order valence-corrected chi connectivity index (χ2v) is 6.54. The summed E-state index contributed by atoms with van der Waals surface area (Å²) < 4.78 is 41.0. The lowest BCUT2D eigenvalue weighted by Crippen LogP contribution is -2.48. The average Bonchev–Trinajstić information content (AvgIpc) is 3.03. The summed E-state index contributed by atoms with van der Waals surface area (Å²) >= 11 is 1.08. The first-order valence-electron chi connectivity index (χ1n) is 7.02. The first kappa shape index (κ1) is 18.8. The fourth-order valence-corrected chi connectivity index (χ4v) is 3.50. The van der Waals surface area contributed by atoms with Crippen molar-refractivity contribution in [3.63, 3.8) is 0 Å². The van der Waals surface area contributed by atoms with Gasteiger partial charge in [0.25, 0.3) is 0 Å². The van der Waals surface area contributed by atoms with E-state index in [2.05, 4.69) is 15.0 Å². The predicted molar refractivity (Wildman–Crippen MR) is 87.6 cm³/mol. The molecule has 1 amide bonds. The topological polar surface area (TPSA) is 77.2 Å². The van der Waals surface area contributed by atoms with E-state index in [1.54, 1.807) is 0 Å². The molecule has 0 unspecified atom stereocenters. The molecule has 0 saturated heterocycles. The molecule has 3 N–H and O–H groups in total. The van der Waals surface area contributed by atoms with Crippen LogP contribution in [0.2, 0.25) is 0 Å². The van der Waals surface area contributed by atoms with Crippen LogP contribution >= 0.6 is 23.7 Å². The summed E-state index contributed by atoms with van der Waals surface area (Å²) in [5.41, 5.74) is 5.66. The van der Waals surface area contributed by atoms with E-state index >= 15 is 0 Å². The smallest absolute Gasteiger partial charge is 0.406 e. The molecule has 1 aromatic heterocycles. The van der Waals surface area contributed by atoms with Crippen molar-refractivity contribution in [3.05, 3.63) is 18.2 Å². The zero-order chi connectivity index (χ0) is 16.7. The van der Waals surface area contributed by atoms with Crippen LogP contribution in [-0.4, -0.2) is 22.8 Å². The number of carbonyl (C=O) groups excluding carboxylic acids is 1. The number of benzene rings is 1.